The van der Waals surface area contributed by atoms with Gasteiger partial charge >= 0.3 is 0 Å². The summed E-state index contributed by atoms with van der Waals surface area (Å²) in [6.07, 6.45) is -0.421. The Balaban J connectivity index is 2.46. The van der Waals surface area contributed by atoms with E-state index in [0.717, 1.165) is 16.0 Å². The average molecular weight is 324 g/mol. The molecule has 1 fully saturated rings. The number of phenolic OH excluding ortho intramolecular Hbond substituents is 1. The van der Waals surface area contributed by atoms with E-state index in [1.807, 2.05) is 0 Å². The first-order chi connectivity index (χ1) is 10.00. The third-order valence-corrected chi connectivity index (χ3v) is 5.25. The molecule has 124 valence electrons. The average Bonchev–Trinajstić information content (AvgIpc) is 2.74. The molecule has 1 heterocycles. The molecule has 2 atom stereocenters. The Hall–Kier alpha value is -0.710. The molecule has 1 saturated heterocycles. The van der Waals surface area contributed by atoms with Gasteiger partial charge in [-0.2, -0.15) is 0 Å². The zero-order chi connectivity index (χ0) is 16.7. The Bertz CT molecular complexity index is 505. The van der Waals surface area contributed by atoms with E-state index in [-0.39, 0.29) is 16.1 Å². The molecule has 0 saturated carbocycles. The molecule has 4 heteroatoms. The Kier molecular flexibility index (Phi) is 4.86. The van der Waals surface area contributed by atoms with Gasteiger partial charge in [0.2, 0.25) is 0 Å². The minimum Gasteiger partial charge on any atom is -0.507 e. The summed E-state index contributed by atoms with van der Waals surface area (Å²) in [7, 11) is 0. The number of aliphatic hydroxyl groups excluding tert-OH is 1. The highest BCUT2D eigenvalue weighted by atomic mass is 32.2. The van der Waals surface area contributed by atoms with Gasteiger partial charge in [-0.05, 0) is 23.0 Å². The Morgan fingerprint density at radius 2 is 1.50 bits per heavy atom. The maximum atomic E-state index is 10.7. The number of rotatable bonds is 2. The molecule has 2 N–H and O–H groups in total. The fraction of sp³-hybridized carbons (Fsp3) is 0.667. The van der Waals surface area contributed by atoms with Gasteiger partial charge < -0.3 is 14.9 Å². The molecule has 2 rings (SSSR count). The van der Waals surface area contributed by atoms with Crippen molar-refractivity contribution < 1.29 is 14.9 Å². The van der Waals surface area contributed by atoms with Crippen LogP contribution in [0.1, 0.15) is 52.7 Å². The van der Waals surface area contributed by atoms with E-state index in [9.17, 15) is 10.2 Å². The second-order valence-electron chi connectivity index (χ2n) is 8.13. The first kappa shape index (κ1) is 17.6. The summed E-state index contributed by atoms with van der Waals surface area (Å²) in [4.78, 5) is 1.09. The van der Waals surface area contributed by atoms with Crippen LogP contribution in [-0.2, 0) is 15.6 Å². The standard InChI is InChI=1S/C18H28O3S/c1-17(2,3)12-7-11(22-15-10-21-9-14(15)19)8-13(16(12)20)18(4,5)6/h7-8,14-15,19-20H,9-10H2,1-6H3. The monoisotopic (exact) mass is 324 g/mol. The molecule has 22 heavy (non-hydrogen) atoms. The highest BCUT2D eigenvalue weighted by Crippen LogP contribution is 2.43. The predicted molar refractivity (Wildman–Crippen MR) is 92.0 cm³/mol. The second-order valence-corrected chi connectivity index (χ2v) is 9.44. The van der Waals surface area contributed by atoms with E-state index in [4.69, 9.17) is 4.74 Å². The predicted octanol–water partition coefficient (Wildman–Crippen LogP) is 3.84. The van der Waals surface area contributed by atoms with E-state index >= 15 is 0 Å². The zero-order valence-corrected chi connectivity index (χ0v) is 15.3. The van der Waals surface area contributed by atoms with Gasteiger partial charge in [0.25, 0.3) is 0 Å². The molecule has 2 unspecified atom stereocenters. The summed E-state index contributed by atoms with van der Waals surface area (Å²) >= 11 is 1.64. The molecule has 0 aliphatic carbocycles. The number of hydrogen-bond donors (Lipinski definition) is 2. The molecule has 1 aromatic rings. The molecule has 0 aromatic heterocycles. The first-order valence-electron chi connectivity index (χ1n) is 7.80. The molecule has 1 aliphatic rings. The summed E-state index contributed by atoms with van der Waals surface area (Å²) in [6, 6.07) is 4.11. The van der Waals surface area contributed by atoms with Crippen LogP contribution in [0.25, 0.3) is 0 Å². The molecule has 0 spiro atoms. The van der Waals surface area contributed by atoms with Crippen LogP contribution >= 0.6 is 11.8 Å². The van der Waals surface area contributed by atoms with E-state index in [1.54, 1.807) is 11.8 Å². The number of benzene rings is 1. The number of aliphatic hydroxyl groups is 1. The van der Waals surface area contributed by atoms with Crippen LogP contribution in [0.3, 0.4) is 0 Å². The number of ether oxygens (including phenoxy) is 1. The molecule has 0 amide bonds. The lowest BCUT2D eigenvalue weighted by molar-refractivity contribution is 0.127. The first-order valence-corrected chi connectivity index (χ1v) is 8.68. The number of phenols is 1. The van der Waals surface area contributed by atoms with E-state index < -0.39 is 6.10 Å². The van der Waals surface area contributed by atoms with Gasteiger partial charge in [-0.25, -0.2) is 0 Å². The quantitative estimate of drug-likeness (QED) is 0.868. The Morgan fingerprint density at radius 1 is 1.00 bits per heavy atom. The maximum absolute atomic E-state index is 10.7. The van der Waals surface area contributed by atoms with Gasteiger partial charge in [-0.3, -0.25) is 0 Å². The van der Waals surface area contributed by atoms with Crippen molar-refractivity contribution in [1.82, 2.24) is 0 Å². The van der Waals surface area contributed by atoms with Crippen molar-refractivity contribution in [3.63, 3.8) is 0 Å². The molecule has 1 aromatic carbocycles. The molecule has 1 aliphatic heterocycles. The largest absolute Gasteiger partial charge is 0.507 e. The summed E-state index contributed by atoms with van der Waals surface area (Å²) in [5, 5.41) is 20.7. The lowest BCUT2D eigenvalue weighted by Crippen LogP contribution is -2.21. The van der Waals surface area contributed by atoms with Gasteiger partial charge in [0.05, 0.1) is 24.6 Å². The Morgan fingerprint density at radius 3 is 1.86 bits per heavy atom. The van der Waals surface area contributed by atoms with Crippen molar-refractivity contribution in [3.05, 3.63) is 23.3 Å². The van der Waals surface area contributed by atoms with E-state index in [0.29, 0.717) is 19.0 Å². The summed E-state index contributed by atoms with van der Waals surface area (Å²) in [5.74, 6) is 0.396. The van der Waals surface area contributed by atoms with Crippen molar-refractivity contribution in [2.45, 2.75) is 68.6 Å². The second kappa shape index (κ2) is 6.06. The van der Waals surface area contributed by atoms with E-state index in [1.165, 1.54) is 0 Å². The fourth-order valence-electron chi connectivity index (χ4n) is 2.63. The summed E-state index contributed by atoms with van der Waals surface area (Å²) in [5.41, 5.74) is 1.64. The lowest BCUT2D eigenvalue weighted by Gasteiger charge is -2.28. The minimum atomic E-state index is -0.421. The van der Waals surface area contributed by atoms with Gasteiger partial charge in [0.1, 0.15) is 5.75 Å². The van der Waals surface area contributed by atoms with Crippen LogP contribution in [0, 0.1) is 0 Å². The van der Waals surface area contributed by atoms with Gasteiger partial charge in [0, 0.05) is 16.0 Å². The highest BCUT2D eigenvalue weighted by molar-refractivity contribution is 8.00. The van der Waals surface area contributed by atoms with Crippen LogP contribution in [0.4, 0.5) is 0 Å². The zero-order valence-electron chi connectivity index (χ0n) is 14.4. The minimum absolute atomic E-state index is 0.0604. The summed E-state index contributed by atoms with van der Waals surface area (Å²) < 4.78 is 5.34. The van der Waals surface area contributed by atoms with Crippen molar-refractivity contribution in [3.8, 4) is 5.75 Å². The number of hydrogen-bond acceptors (Lipinski definition) is 4. The maximum Gasteiger partial charge on any atom is 0.123 e. The van der Waals surface area contributed by atoms with Crippen LogP contribution in [0.15, 0.2) is 17.0 Å². The van der Waals surface area contributed by atoms with Gasteiger partial charge in [-0.1, -0.05) is 41.5 Å². The van der Waals surface area contributed by atoms with E-state index in [2.05, 4.69) is 53.7 Å². The number of aromatic hydroxyl groups is 1. The topological polar surface area (TPSA) is 49.7 Å². The smallest absolute Gasteiger partial charge is 0.123 e. The van der Waals surface area contributed by atoms with Crippen LogP contribution < -0.4 is 0 Å². The van der Waals surface area contributed by atoms with Crippen LogP contribution in [0.2, 0.25) is 0 Å². The SMILES string of the molecule is CC(C)(C)c1cc(SC2COCC2O)cc(C(C)(C)C)c1O. The van der Waals surface area contributed by atoms with Crippen molar-refractivity contribution in [1.29, 1.82) is 0 Å². The van der Waals surface area contributed by atoms with Gasteiger partial charge in [-0.15, -0.1) is 11.8 Å². The molecular weight excluding hydrogens is 296 g/mol. The highest BCUT2D eigenvalue weighted by Gasteiger charge is 2.30. The van der Waals surface area contributed by atoms with Crippen molar-refractivity contribution >= 4 is 11.8 Å². The molecule has 0 bridgehead atoms. The van der Waals surface area contributed by atoms with Crippen molar-refractivity contribution in [2.24, 2.45) is 0 Å². The molecule has 3 nitrogen and oxygen atoms in total. The molecular formula is C18H28O3S. The normalized spacial score (nSPS) is 23.0. The van der Waals surface area contributed by atoms with Gasteiger partial charge in [0.15, 0.2) is 0 Å². The van der Waals surface area contributed by atoms with Crippen molar-refractivity contribution in [2.75, 3.05) is 13.2 Å². The third kappa shape index (κ3) is 3.79. The third-order valence-electron chi connectivity index (χ3n) is 3.99. The van der Waals surface area contributed by atoms with Crippen LogP contribution in [-0.4, -0.2) is 34.8 Å². The number of thioether (sulfide) groups is 1. The molecule has 0 radical (unpaired) electrons. The lowest BCUT2D eigenvalue weighted by atomic mass is 9.79. The Labute approximate surface area is 138 Å². The fourth-order valence-corrected chi connectivity index (χ4v) is 3.75. The summed E-state index contributed by atoms with van der Waals surface area (Å²) in [6.45, 7) is 13.6. The van der Waals surface area contributed by atoms with Crippen LogP contribution in [0.5, 0.6) is 5.75 Å².